The van der Waals surface area contributed by atoms with Crippen LogP contribution < -0.4 is 10.6 Å². The van der Waals surface area contributed by atoms with Crippen LogP contribution in [0, 0.1) is 11.8 Å². The molecule has 0 aromatic rings. The molecule has 0 saturated carbocycles. The van der Waals surface area contributed by atoms with Crippen LogP contribution in [0.25, 0.3) is 0 Å². The summed E-state index contributed by atoms with van der Waals surface area (Å²) in [5.41, 5.74) is 0.0537. The summed E-state index contributed by atoms with van der Waals surface area (Å²) in [4.78, 5) is 21.3. The predicted octanol–water partition coefficient (Wildman–Crippen LogP) is 1.92. The van der Waals surface area contributed by atoms with Crippen molar-refractivity contribution in [3.05, 3.63) is 0 Å². The highest BCUT2D eigenvalue weighted by Crippen LogP contribution is 2.26. The molecule has 0 bridgehead atoms. The van der Waals surface area contributed by atoms with Crippen molar-refractivity contribution in [2.24, 2.45) is 16.8 Å². The Morgan fingerprint density at radius 1 is 1.12 bits per heavy atom. The number of nitrogens with zero attached hydrogens (tertiary/aromatic N) is 3. The topological polar surface area (TPSA) is 60.0 Å². The normalized spacial score (nSPS) is 25.4. The Hall–Kier alpha value is -1.30. The van der Waals surface area contributed by atoms with Crippen molar-refractivity contribution < 1.29 is 4.79 Å². The Morgan fingerprint density at radius 3 is 2.31 bits per heavy atom. The summed E-state index contributed by atoms with van der Waals surface area (Å²) in [5, 5.41) is 6.73. The van der Waals surface area contributed by atoms with Gasteiger partial charge >= 0.3 is 0 Å². The molecule has 2 rings (SSSR count). The summed E-state index contributed by atoms with van der Waals surface area (Å²) in [6.45, 7) is 17.3. The van der Waals surface area contributed by atoms with E-state index in [-0.39, 0.29) is 18.0 Å². The fourth-order valence-corrected chi connectivity index (χ4v) is 4.12. The number of hydrogen-bond donors (Lipinski definition) is 2. The minimum atomic E-state index is 0.0537. The number of piperidine rings is 1. The van der Waals surface area contributed by atoms with Gasteiger partial charge in [-0.05, 0) is 51.9 Å². The van der Waals surface area contributed by atoms with E-state index in [4.69, 9.17) is 0 Å². The monoisotopic (exact) mass is 365 g/mol. The smallest absolute Gasteiger partial charge is 0.244 e. The maximum Gasteiger partial charge on any atom is 0.244 e. The molecule has 0 radical (unpaired) electrons. The van der Waals surface area contributed by atoms with Crippen LogP contribution in [-0.4, -0.2) is 73.0 Å². The number of carbonyl (C=O) groups excluding carboxylic acids is 1. The lowest BCUT2D eigenvalue weighted by atomic mass is 9.88. The van der Waals surface area contributed by atoms with E-state index in [0.717, 1.165) is 69.9 Å². The molecule has 26 heavy (non-hydrogen) atoms. The van der Waals surface area contributed by atoms with Crippen molar-refractivity contribution in [3.8, 4) is 0 Å². The molecule has 2 aliphatic heterocycles. The maximum atomic E-state index is 12.2. The first-order valence-electron chi connectivity index (χ1n) is 10.4. The van der Waals surface area contributed by atoms with Crippen LogP contribution in [0.4, 0.5) is 0 Å². The van der Waals surface area contributed by atoms with Gasteiger partial charge in [-0.25, -0.2) is 4.99 Å². The van der Waals surface area contributed by atoms with Gasteiger partial charge in [-0.3, -0.25) is 9.69 Å². The highest BCUT2D eigenvalue weighted by Gasteiger charge is 2.32. The van der Waals surface area contributed by atoms with E-state index >= 15 is 0 Å². The SMILES string of the molecule is CCNC(=NCC(=O)N1CCCC1)NCC(C)(C)N1CC(C)CC(C)C1. The minimum Gasteiger partial charge on any atom is -0.357 e. The lowest BCUT2D eigenvalue weighted by molar-refractivity contribution is -0.128. The van der Waals surface area contributed by atoms with Crippen LogP contribution in [0.1, 0.15) is 53.9 Å². The molecule has 2 heterocycles. The second-order valence-electron chi connectivity index (χ2n) is 8.80. The van der Waals surface area contributed by atoms with Crippen LogP contribution in [0.15, 0.2) is 4.99 Å². The van der Waals surface area contributed by atoms with E-state index in [2.05, 4.69) is 55.1 Å². The van der Waals surface area contributed by atoms with E-state index in [1.807, 2.05) is 4.90 Å². The van der Waals surface area contributed by atoms with Crippen LogP contribution >= 0.6 is 0 Å². The average molecular weight is 366 g/mol. The van der Waals surface area contributed by atoms with Gasteiger partial charge in [0.05, 0.1) is 0 Å². The van der Waals surface area contributed by atoms with E-state index in [9.17, 15) is 4.79 Å². The Morgan fingerprint density at radius 2 is 1.73 bits per heavy atom. The number of aliphatic imine (C=N–C) groups is 1. The number of hydrogen-bond acceptors (Lipinski definition) is 3. The van der Waals surface area contributed by atoms with Gasteiger partial charge in [-0.15, -0.1) is 0 Å². The van der Waals surface area contributed by atoms with Gasteiger partial charge in [0, 0.05) is 44.8 Å². The molecule has 0 aromatic carbocycles. The first-order chi connectivity index (χ1) is 12.3. The molecule has 150 valence electrons. The highest BCUT2D eigenvalue weighted by molar-refractivity contribution is 5.85. The summed E-state index contributed by atoms with van der Waals surface area (Å²) >= 11 is 0. The lowest BCUT2D eigenvalue weighted by Crippen LogP contribution is -2.57. The molecule has 2 saturated heterocycles. The molecular weight excluding hydrogens is 326 g/mol. The standard InChI is InChI=1S/C20H39N5O/c1-6-21-19(22-12-18(26)24-9-7-8-10-24)23-15-20(4,5)25-13-16(2)11-17(3)14-25/h16-17H,6-15H2,1-5H3,(H2,21,22,23). The van der Waals surface area contributed by atoms with Crippen LogP contribution in [0.3, 0.4) is 0 Å². The van der Waals surface area contributed by atoms with Gasteiger partial charge in [0.25, 0.3) is 0 Å². The zero-order chi connectivity index (χ0) is 19.2. The first-order valence-corrected chi connectivity index (χ1v) is 10.4. The summed E-state index contributed by atoms with van der Waals surface area (Å²) in [6.07, 6.45) is 3.56. The van der Waals surface area contributed by atoms with E-state index < -0.39 is 0 Å². The molecule has 2 unspecified atom stereocenters. The van der Waals surface area contributed by atoms with Crippen molar-refractivity contribution in [1.29, 1.82) is 0 Å². The second-order valence-corrected chi connectivity index (χ2v) is 8.80. The van der Waals surface area contributed by atoms with Crippen LogP contribution in [-0.2, 0) is 4.79 Å². The Balaban J connectivity index is 1.89. The molecule has 6 heteroatoms. The van der Waals surface area contributed by atoms with Gasteiger partial charge in [-0.2, -0.15) is 0 Å². The second kappa shape index (κ2) is 9.58. The predicted molar refractivity (Wildman–Crippen MR) is 108 cm³/mol. The van der Waals surface area contributed by atoms with Crippen LogP contribution in [0.5, 0.6) is 0 Å². The van der Waals surface area contributed by atoms with Crippen molar-refractivity contribution in [1.82, 2.24) is 20.4 Å². The summed E-state index contributed by atoms with van der Waals surface area (Å²) in [6, 6.07) is 0. The Bertz CT molecular complexity index is 475. The molecule has 2 aliphatic rings. The zero-order valence-corrected chi connectivity index (χ0v) is 17.5. The van der Waals surface area contributed by atoms with Crippen LogP contribution in [0.2, 0.25) is 0 Å². The quantitative estimate of drug-likeness (QED) is 0.558. The largest absolute Gasteiger partial charge is 0.357 e. The van der Waals surface area contributed by atoms with Crippen molar-refractivity contribution in [2.75, 3.05) is 45.8 Å². The van der Waals surface area contributed by atoms with Gasteiger partial charge in [0.1, 0.15) is 6.54 Å². The van der Waals surface area contributed by atoms with Gasteiger partial charge in [0.15, 0.2) is 5.96 Å². The Labute approximate surface area is 159 Å². The van der Waals surface area contributed by atoms with Crippen molar-refractivity contribution in [3.63, 3.8) is 0 Å². The minimum absolute atomic E-state index is 0.0537. The maximum absolute atomic E-state index is 12.2. The first kappa shape index (κ1) is 21.0. The average Bonchev–Trinajstić information content (AvgIpc) is 3.11. The van der Waals surface area contributed by atoms with Gasteiger partial charge in [0.2, 0.25) is 5.91 Å². The van der Waals surface area contributed by atoms with E-state index in [1.54, 1.807) is 0 Å². The third-order valence-corrected chi connectivity index (χ3v) is 5.59. The highest BCUT2D eigenvalue weighted by atomic mass is 16.2. The number of carbonyl (C=O) groups is 1. The van der Waals surface area contributed by atoms with E-state index in [1.165, 1.54) is 6.42 Å². The fourth-order valence-electron chi connectivity index (χ4n) is 4.12. The molecule has 2 fully saturated rings. The molecule has 2 atom stereocenters. The Kier molecular flexibility index (Phi) is 7.74. The molecule has 0 aromatic heterocycles. The number of nitrogens with one attached hydrogen (secondary N) is 2. The number of amides is 1. The molecule has 6 nitrogen and oxygen atoms in total. The molecule has 2 N–H and O–H groups in total. The number of likely N-dealkylation sites (tertiary alicyclic amines) is 2. The molecular formula is C20H39N5O. The van der Waals surface area contributed by atoms with Crippen molar-refractivity contribution in [2.45, 2.75) is 59.4 Å². The summed E-state index contributed by atoms with van der Waals surface area (Å²) < 4.78 is 0. The third-order valence-electron chi connectivity index (χ3n) is 5.59. The number of rotatable bonds is 6. The summed E-state index contributed by atoms with van der Waals surface area (Å²) in [7, 11) is 0. The third kappa shape index (κ3) is 6.15. The van der Waals surface area contributed by atoms with Gasteiger partial charge in [-0.1, -0.05) is 13.8 Å². The zero-order valence-electron chi connectivity index (χ0n) is 17.5. The lowest BCUT2D eigenvalue weighted by Gasteiger charge is -2.45. The fraction of sp³-hybridized carbons (Fsp3) is 0.900. The molecule has 1 amide bonds. The van der Waals surface area contributed by atoms with Gasteiger partial charge < -0.3 is 15.5 Å². The van der Waals surface area contributed by atoms with E-state index in [0.29, 0.717) is 0 Å². The molecule has 0 aliphatic carbocycles. The summed E-state index contributed by atoms with van der Waals surface area (Å²) in [5.74, 6) is 2.37. The molecule has 0 spiro atoms. The van der Waals surface area contributed by atoms with Crippen molar-refractivity contribution >= 4 is 11.9 Å². The number of guanidine groups is 1.